The van der Waals surface area contributed by atoms with Crippen LogP contribution in [0.2, 0.25) is 0 Å². The first-order valence-corrected chi connectivity index (χ1v) is 14.9. The van der Waals surface area contributed by atoms with Crippen molar-refractivity contribution in [1.29, 1.82) is 0 Å². The molecule has 0 bridgehead atoms. The third kappa shape index (κ3) is 6.87. The molecule has 3 heterocycles. The second kappa shape index (κ2) is 12.4. The summed E-state index contributed by atoms with van der Waals surface area (Å²) >= 11 is 0. The Morgan fingerprint density at radius 1 is 1.02 bits per heavy atom. The molecule has 5 rings (SSSR count). The predicted molar refractivity (Wildman–Crippen MR) is 156 cm³/mol. The number of benzene rings is 2. The minimum atomic E-state index is -0.825. The van der Waals surface area contributed by atoms with E-state index in [4.69, 9.17) is 9.84 Å². The lowest BCUT2D eigenvalue weighted by Gasteiger charge is -2.36. The average Bonchev–Trinajstić information content (AvgIpc) is 3.56. The van der Waals surface area contributed by atoms with Crippen molar-refractivity contribution < 1.29 is 18.3 Å². The van der Waals surface area contributed by atoms with E-state index in [-0.39, 0.29) is 5.97 Å². The van der Waals surface area contributed by atoms with Crippen molar-refractivity contribution >= 4 is 5.97 Å². The van der Waals surface area contributed by atoms with Gasteiger partial charge in [0.2, 0.25) is 0 Å². The summed E-state index contributed by atoms with van der Waals surface area (Å²) in [6, 6.07) is 16.9. The van der Waals surface area contributed by atoms with Crippen LogP contribution in [0.4, 0.5) is 8.78 Å². The normalized spacial score (nSPS) is 20.9. The summed E-state index contributed by atoms with van der Waals surface area (Å²) < 4.78 is 34.9. The monoisotopic (exact) mass is 564 g/mol. The SMILES string of the molecule is CCn1nc(Cc2ccc(F)c(F)c2)cc1C1CCN(CC2CN(C(C)(C)OC(C)=O)CC2c2ccccc2)CC1. The van der Waals surface area contributed by atoms with Crippen molar-refractivity contribution in [2.75, 3.05) is 32.7 Å². The van der Waals surface area contributed by atoms with Gasteiger partial charge in [-0.1, -0.05) is 36.4 Å². The fourth-order valence-electron chi connectivity index (χ4n) is 6.75. The van der Waals surface area contributed by atoms with Crippen LogP contribution in [-0.4, -0.2) is 64.0 Å². The van der Waals surface area contributed by atoms with Crippen molar-refractivity contribution in [3.8, 4) is 0 Å². The number of aromatic nitrogens is 2. The van der Waals surface area contributed by atoms with Crippen LogP contribution in [0, 0.1) is 17.6 Å². The molecule has 2 aliphatic heterocycles. The topological polar surface area (TPSA) is 50.6 Å². The smallest absolute Gasteiger partial charge is 0.304 e. The zero-order chi connectivity index (χ0) is 29.1. The number of likely N-dealkylation sites (tertiary alicyclic amines) is 2. The Kier molecular flexibility index (Phi) is 8.90. The average molecular weight is 565 g/mol. The van der Waals surface area contributed by atoms with Crippen LogP contribution in [0.25, 0.3) is 0 Å². The molecule has 0 aliphatic carbocycles. The number of halogens is 2. The zero-order valence-electron chi connectivity index (χ0n) is 24.7. The second-order valence-electron chi connectivity index (χ2n) is 12.1. The maximum atomic E-state index is 13.7. The number of piperidine rings is 1. The van der Waals surface area contributed by atoms with Crippen molar-refractivity contribution in [2.24, 2.45) is 5.92 Å². The maximum Gasteiger partial charge on any atom is 0.304 e. The first-order valence-electron chi connectivity index (χ1n) is 14.9. The molecule has 2 unspecified atom stereocenters. The molecule has 2 aromatic carbocycles. The van der Waals surface area contributed by atoms with E-state index in [1.54, 1.807) is 6.07 Å². The van der Waals surface area contributed by atoms with E-state index in [0.717, 1.165) is 63.4 Å². The van der Waals surface area contributed by atoms with Gasteiger partial charge in [-0.15, -0.1) is 0 Å². The van der Waals surface area contributed by atoms with Crippen LogP contribution in [0.15, 0.2) is 54.6 Å². The highest BCUT2D eigenvalue weighted by Crippen LogP contribution is 2.38. The van der Waals surface area contributed by atoms with Gasteiger partial charge in [0, 0.05) is 57.1 Å². The molecular formula is C33H42F2N4O2. The van der Waals surface area contributed by atoms with E-state index in [1.165, 1.54) is 30.3 Å². The van der Waals surface area contributed by atoms with Crippen molar-refractivity contribution in [3.05, 3.63) is 88.7 Å². The van der Waals surface area contributed by atoms with Gasteiger partial charge in [-0.25, -0.2) is 8.78 Å². The molecule has 41 heavy (non-hydrogen) atoms. The van der Waals surface area contributed by atoms with Crippen molar-refractivity contribution in [3.63, 3.8) is 0 Å². The minimum Gasteiger partial charge on any atom is -0.444 e. The number of esters is 1. The van der Waals surface area contributed by atoms with Gasteiger partial charge < -0.3 is 9.64 Å². The number of hydrogen-bond donors (Lipinski definition) is 0. The summed E-state index contributed by atoms with van der Waals surface area (Å²) in [6.45, 7) is 13.1. The third-order valence-electron chi connectivity index (χ3n) is 8.85. The molecule has 2 atom stereocenters. The van der Waals surface area contributed by atoms with E-state index in [2.05, 4.69) is 57.8 Å². The molecule has 0 radical (unpaired) electrons. The van der Waals surface area contributed by atoms with Gasteiger partial charge in [0.15, 0.2) is 17.4 Å². The van der Waals surface area contributed by atoms with E-state index in [0.29, 0.717) is 24.2 Å². The number of carbonyl (C=O) groups is 1. The van der Waals surface area contributed by atoms with Crippen LogP contribution >= 0.6 is 0 Å². The van der Waals surface area contributed by atoms with Gasteiger partial charge in [-0.3, -0.25) is 14.4 Å². The lowest BCUT2D eigenvalue weighted by molar-refractivity contribution is -0.172. The summed E-state index contributed by atoms with van der Waals surface area (Å²) in [7, 11) is 0. The third-order valence-corrected chi connectivity index (χ3v) is 8.85. The van der Waals surface area contributed by atoms with Gasteiger partial charge >= 0.3 is 5.97 Å². The van der Waals surface area contributed by atoms with E-state index in [1.807, 2.05) is 13.8 Å². The molecule has 8 heteroatoms. The second-order valence-corrected chi connectivity index (χ2v) is 12.1. The number of carbonyl (C=O) groups excluding carboxylic acids is 1. The minimum absolute atomic E-state index is 0.254. The highest BCUT2D eigenvalue weighted by Gasteiger charge is 2.42. The number of rotatable bonds is 9. The van der Waals surface area contributed by atoms with Crippen LogP contribution in [-0.2, 0) is 22.5 Å². The number of ether oxygens (including phenoxy) is 1. The quantitative estimate of drug-likeness (QED) is 0.300. The largest absolute Gasteiger partial charge is 0.444 e. The Labute approximate surface area is 242 Å². The molecule has 6 nitrogen and oxygen atoms in total. The lowest BCUT2D eigenvalue weighted by Crippen LogP contribution is -2.46. The summed E-state index contributed by atoms with van der Waals surface area (Å²) in [5.41, 5.74) is 3.55. The van der Waals surface area contributed by atoms with Crippen molar-refractivity contribution in [2.45, 2.75) is 71.1 Å². The molecule has 2 aliphatic rings. The highest BCUT2D eigenvalue weighted by atomic mass is 19.2. The molecule has 0 saturated carbocycles. The van der Waals surface area contributed by atoms with Crippen molar-refractivity contribution in [1.82, 2.24) is 19.6 Å². The summed E-state index contributed by atoms with van der Waals surface area (Å²) in [5.74, 6) is -0.660. The molecular weight excluding hydrogens is 522 g/mol. The van der Waals surface area contributed by atoms with E-state index in [9.17, 15) is 13.6 Å². The number of aryl methyl sites for hydroxylation is 1. The van der Waals surface area contributed by atoms with Gasteiger partial charge in [0.1, 0.15) is 0 Å². The van der Waals surface area contributed by atoms with Gasteiger partial charge in [0.25, 0.3) is 0 Å². The standard InChI is InChI=1S/C33H42F2N4O2/c1-5-39-32(19-28(36-39)17-24-11-12-30(34)31(35)18-24)26-13-15-37(16-14-26)20-27-21-38(33(3,4)41-23(2)40)22-29(27)25-9-7-6-8-10-25/h6-12,18-19,26-27,29H,5,13-17,20-22H2,1-4H3. The molecule has 0 N–H and O–H groups in total. The maximum absolute atomic E-state index is 13.7. The zero-order valence-corrected chi connectivity index (χ0v) is 24.7. The Bertz CT molecular complexity index is 1330. The van der Waals surface area contributed by atoms with Crippen LogP contribution in [0.3, 0.4) is 0 Å². The Morgan fingerprint density at radius 2 is 1.76 bits per heavy atom. The molecule has 2 fully saturated rings. The van der Waals surface area contributed by atoms with Crippen LogP contribution < -0.4 is 0 Å². The predicted octanol–water partition coefficient (Wildman–Crippen LogP) is 5.97. The lowest BCUT2D eigenvalue weighted by atomic mass is 9.87. The number of nitrogens with zero attached hydrogens (tertiary/aromatic N) is 4. The first-order chi connectivity index (χ1) is 19.6. The van der Waals surface area contributed by atoms with Crippen LogP contribution in [0.1, 0.15) is 74.9 Å². The Morgan fingerprint density at radius 3 is 2.41 bits per heavy atom. The summed E-state index contributed by atoms with van der Waals surface area (Å²) in [6.07, 6.45) is 2.60. The fourth-order valence-corrected chi connectivity index (χ4v) is 6.75. The summed E-state index contributed by atoms with van der Waals surface area (Å²) in [4.78, 5) is 16.7. The van der Waals surface area contributed by atoms with Gasteiger partial charge in [-0.05, 0) is 81.9 Å². The Balaban J connectivity index is 1.24. The fraction of sp³-hybridized carbons (Fsp3) is 0.515. The van der Waals surface area contributed by atoms with Gasteiger partial charge in [0.05, 0.1) is 5.69 Å². The van der Waals surface area contributed by atoms with E-state index < -0.39 is 17.4 Å². The van der Waals surface area contributed by atoms with Crippen LogP contribution in [0.5, 0.6) is 0 Å². The highest BCUT2D eigenvalue weighted by molar-refractivity contribution is 5.66. The number of hydrogen-bond acceptors (Lipinski definition) is 5. The summed E-state index contributed by atoms with van der Waals surface area (Å²) in [5, 5.41) is 4.79. The van der Waals surface area contributed by atoms with Gasteiger partial charge in [-0.2, -0.15) is 5.10 Å². The molecule has 1 aromatic heterocycles. The molecule has 3 aromatic rings. The molecule has 0 amide bonds. The van der Waals surface area contributed by atoms with E-state index >= 15 is 0 Å². The first kappa shape index (κ1) is 29.4. The molecule has 2 saturated heterocycles. The Hall–Kier alpha value is -3.10. The molecule has 0 spiro atoms. The molecule has 220 valence electrons.